The highest BCUT2D eigenvalue weighted by Crippen LogP contribution is 2.33. The first-order valence-corrected chi connectivity index (χ1v) is 12.6. The lowest BCUT2D eigenvalue weighted by atomic mass is 10.0. The maximum atomic E-state index is 13.8. The average Bonchev–Trinajstić information content (AvgIpc) is 3.20. The molecule has 1 amide bonds. The molecule has 0 bridgehead atoms. The Labute approximate surface area is 187 Å². The van der Waals surface area contributed by atoms with Crippen LogP contribution in [0.15, 0.2) is 64.9 Å². The molecular weight excluding hydrogens is 430 g/mol. The number of benzene rings is 2. The molecule has 0 spiro atoms. The molecule has 8 heteroatoms. The molecule has 1 aliphatic heterocycles. The molecule has 2 aromatic carbocycles. The van der Waals surface area contributed by atoms with Crippen LogP contribution >= 0.6 is 11.3 Å². The second kappa shape index (κ2) is 8.90. The van der Waals surface area contributed by atoms with Gasteiger partial charge in [-0.1, -0.05) is 42.3 Å². The van der Waals surface area contributed by atoms with E-state index in [1.165, 1.54) is 15.6 Å². The summed E-state index contributed by atoms with van der Waals surface area (Å²) >= 11 is 1.38. The third-order valence-electron chi connectivity index (χ3n) is 5.40. The number of carbonyl (C=O) groups excluding carboxylic acids is 1. The highest BCUT2D eigenvalue weighted by molar-refractivity contribution is 7.89. The van der Waals surface area contributed by atoms with Gasteiger partial charge in [0.15, 0.2) is 5.13 Å². The Hall–Kier alpha value is -2.55. The summed E-state index contributed by atoms with van der Waals surface area (Å²) in [5.74, 6) is -0.268. The summed E-state index contributed by atoms with van der Waals surface area (Å²) < 4.78 is 28.3. The topological polar surface area (TPSA) is 70.6 Å². The highest BCUT2D eigenvalue weighted by atomic mass is 32.2. The normalized spacial score (nSPS) is 17.4. The molecule has 0 saturated carbocycles. The summed E-state index contributed by atoms with van der Waals surface area (Å²) in [6.45, 7) is 4.12. The van der Waals surface area contributed by atoms with Gasteiger partial charge in [-0.3, -0.25) is 9.69 Å². The molecule has 0 N–H and O–H groups in total. The predicted octanol–water partition coefficient (Wildman–Crippen LogP) is 4.67. The number of amides is 1. The van der Waals surface area contributed by atoms with E-state index in [0.717, 1.165) is 24.1 Å². The Morgan fingerprint density at radius 2 is 1.77 bits per heavy atom. The molecule has 0 aliphatic carbocycles. The van der Waals surface area contributed by atoms with Gasteiger partial charge in [-0.25, -0.2) is 13.4 Å². The molecule has 1 atom stereocenters. The fourth-order valence-corrected chi connectivity index (χ4v) is 6.26. The Morgan fingerprint density at radius 3 is 2.42 bits per heavy atom. The van der Waals surface area contributed by atoms with Gasteiger partial charge in [0.05, 0.1) is 16.3 Å². The lowest BCUT2D eigenvalue weighted by molar-refractivity contribution is -0.122. The number of rotatable bonds is 5. The van der Waals surface area contributed by atoms with E-state index >= 15 is 0 Å². The largest absolute Gasteiger partial charge is 0.272 e. The molecule has 31 heavy (non-hydrogen) atoms. The van der Waals surface area contributed by atoms with Gasteiger partial charge in [0.2, 0.25) is 10.0 Å². The second-order valence-corrected chi connectivity index (χ2v) is 10.4. The van der Waals surface area contributed by atoms with Crippen LogP contribution in [0.1, 0.15) is 30.5 Å². The first kappa shape index (κ1) is 21.7. The van der Waals surface area contributed by atoms with Gasteiger partial charge in [-0.05, 0) is 51.0 Å². The molecule has 2 heterocycles. The van der Waals surface area contributed by atoms with Crippen molar-refractivity contribution in [2.75, 3.05) is 11.4 Å². The van der Waals surface area contributed by atoms with Gasteiger partial charge in [0.1, 0.15) is 6.04 Å². The van der Waals surface area contributed by atoms with Crippen molar-refractivity contribution in [2.24, 2.45) is 0 Å². The summed E-state index contributed by atoms with van der Waals surface area (Å²) in [6.07, 6.45) is 2.02. The van der Waals surface area contributed by atoms with Crippen LogP contribution in [-0.2, 0) is 14.8 Å². The van der Waals surface area contributed by atoms with E-state index in [4.69, 9.17) is 0 Å². The number of hydrogen-bond donors (Lipinski definition) is 0. The predicted molar refractivity (Wildman–Crippen MR) is 123 cm³/mol. The van der Waals surface area contributed by atoms with E-state index in [9.17, 15) is 13.2 Å². The molecule has 1 unspecified atom stereocenters. The van der Waals surface area contributed by atoms with Crippen LogP contribution in [0, 0.1) is 13.8 Å². The van der Waals surface area contributed by atoms with Crippen LogP contribution in [-0.4, -0.2) is 36.2 Å². The van der Waals surface area contributed by atoms with Crippen LogP contribution < -0.4 is 4.90 Å². The number of piperidine rings is 1. The van der Waals surface area contributed by atoms with Crippen LogP contribution in [0.5, 0.6) is 0 Å². The molecule has 1 aromatic heterocycles. The van der Waals surface area contributed by atoms with E-state index < -0.39 is 16.1 Å². The van der Waals surface area contributed by atoms with E-state index in [1.54, 1.807) is 29.2 Å². The van der Waals surface area contributed by atoms with Crippen LogP contribution in [0.2, 0.25) is 0 Å². The number of aromatic nitrogens is 1. The van der Waals surface area contributed by atoms with Crippen molar-refractivity contribution in [1.82, 2.24) is 9.29 Å². The highest BCUT2D eigenvalue weighted by Gasteiger charge is 2.40. The zero-order chi connectivity index (χ0) is 22.0. The molecule has 6 nitrogen and oxygen atoms in total. The number of aryl methyl sites for hydroxylation is 2. The molecule has 4 rings (SSSR count). The van der Waals surface area contributed by atoms with Crippen molar-refractivity contribution in [1.29, 1.82) is 0 Å². The summed E-state index contributed by atoms with van der Waals surface area (Å²) in [7, 11) is -3.80. The first-order chi connectivity index (χ1) is 14.9. The van der Waals surface area contributed by atoms with Gasteiger partial charge < -0.3 is 0 Å². The van der Waals surface area contributed by atoms with Crippen molar-refractivity contribution in [2.45, 2.75) is 44.0 Å². The minimum atomic E-state index is -3.80. The fourth-order valence-electron chi connectivity index (χ4n) is 3.79. The van der Waals surface area contributed by atoms with Crippen molar-refractivity contribution >= 4 is 38.1 Å². The molecular formula is C23H25N3O3S2. The van der Waals surface area contributed by atoms with E-state index in [-0.39, 0.29) is 10.8 Å². The molecule has 3 aromatic rings. The zero-order valence-electron chi connectivity index (χ0n) is 17.6. The van der Waals surface area contributed by atoms with Crippen molar-refractivity contribution in [3.8, 4) is 0 Å². The molecule has 0 radical (unpaired) electrons. The Bertz CT molecular complexity index is 1160. The number of sulfonamides is 1. The Kier molecular flexibility index (Phi) is 6.22. The molecule has 1 fully saturated rings. The quantitative estimate of drug-likeness (QED) is 0.561. The van der Waals surface area contributed by atoms with Crippen LogP contribution in [0.4, 0.5) is 10.8 Å². The Balaban J connectivity index is 1.73. The summed E-state index contributed by atoms with van der Waals surface area (Å²) in [4.78, 5) is 20.1. The summed E-state index contributed by atoms with van der Waals surface area (Å²) in [5.41, 5.74) is 2.49. The number of carbonyl (C=O) groups is 1. The third-order valence-corrected chi connectivity index (χ3v) is 8.27. The summed E-state index contributed by atoms with van der Waals surface area (Å²) in [6, 6.07) is 15.3. The second-order valence-electron chi connectivity index (χ2n) is 7.72. The first-order valence-electron chi connectivity index (χ1n) is 10.3. The Morgan fingerprint density at radius 1 is 1.06 bits per heavy atom. The van der Waals surface area contributed by atoms with Gasteiger partial charge in [-0.15, -0.1) is 11.3 Å². The van der Waals surface area contributed by atoms with Crippen molar-refractivity contribution in [3.63, 3.8) is 0 Å². The fraction of sp³-hybridized carbons (Fsp3) is 0.304. The molecule has 1 saturated heterocycles. The number of thiazole rings is 1. The minimum absolute atomic E-state index is 0.217. The number of anilines is 2. The van der Waals surface area contributed by atoms with Gasteiger partial charge in [0, 0.05) is 11.9 Å². The number of para-hydroxylation sites is 1. The van der Waals surface area contributed by atoms with Gasteiger partial charge >= 0.3 is 0 Å². The average molecular weight is 456 g/mol. The van der Waals surface area contributed by atoms with E-state index in [1.807, 2.05) is 49.6 Å². The summed E-state index contributed by atoms with van der Waals surface area (Å²) in [5, 5.41) is 2.44. The molecule has 1 aliphatic rings. The molecule has 162 valence electrons. The zero-order valence-corrected chi connectivity index (χ0v) is 19.2. The third kappa shape index (κ3) is 4.42. The van der Waals surface area contributed by atoms with Gasteiger partial charge in [-0.2, -0.15) is 4.31 Å². The SMILES string of the molecule is Cc1ccc(S(=O)(=O)N2CCCCC2C(=O)N(c2ccccc2)c2nc(C)cs2)cc1. The maximum absolute atomic E-state index is 13.8. The smallest absolute Gasteiger partial charge is 0.251 e. The number of nitrogens with zero attached hydrogens (tertiary/aromatic N) is 3. The van der Waals surface area contributed by atoms with Crippen LogP contribution in [0.3, 0.4) is 0 Å². The van der Waals surface area contributed by atoms with Crippen molar-refractivity contribution < 1.29 is 13.2 Å². The standard InChI is InChI=1S/C23H25N3O3S2/c1-17-11-13-20(14-12-17)31(28,29)25-15-7-6-10-21(25)22(27)26(19-8-4-3-5-9-19)23-24-18(2)16-30-23/h3-5,8-9,11-14,16,21H,6-7,10,15H2,1-2H3. The van der Waals surface area contributed by atoms with E-state index in [2.05, 4.69) is 4.98 Å². The van der Waals surface area contributed by atoms with Crippen LogP contribution in [0.25, 0.3) is 0 Å². The monoisotopic (exact) mass is 455 g/mol. The number of hydrogen-bond acceptors (Lipinski definition) is 5. The lowest BCUT2D eigenvalue weighted by Crippen LogP contribution is -2.52. The minimum Gasteiger partial charge on any atom is -0.272 e. The lowest BCUT2D eigenvalue weighted by Gasteiger charge is -2.36. The van der Waals surface area contributed by atoms with Gasteiger partial charge in [0.25, 0.3) is 5.91 Å². The maximum Gasteiger partial charge on any atom is 0.251 e. The van der Waals surface area contributed by atoms with E-state index in [0.29, 0.717) is 23.8 Å². The van der Waals surface area contributed by atoms with Crippen molar-refractivity contribution in [3.05, 3.63) is 71.2 Å².